The normalized spacial score (nSPS) is 22.3. The highest BCUT2D eigenvalue weighted by Crippen LogP contribution is 2.31. The molecule has 1 unspecified atom stereocenters. The fourth-order valence-corrected chi connectivity index (χ4v) is 4.65. The van der Waals surface area contributed by atoms with E-state index in [-0.39, 0.29) is 36.9 Å². The number of methoxy groups -OCH3 is 1. The van der Waals surface area contributed by atoms with Crippen molar-refractivity contribution in [2.75, 3.05) is 43.1 Å². The summed E-state index contributed by atoms with van der Waals surface area (Å²) in [6.07, 6.45) is -1.81. The number of cyclic esters (lactones) is 1. The summed E-state index contributed by atoms with van der Waals surface area (Å²) in [5.74, 6) is -0.833. The topological polar surface area (TPSA) is 100 Å². The van der Waals surface area contributed by atoms with Crippen molar-refractivity contribution in [2.45, 2.75) is 32.1 Å². The Morgan fingerprint density at radius 3 is 2.58 bits per heavy atom. The number of hydrogen-bond acceptors (Lipinski definition) is 6. The van der Waals surface area contributed by atoms with Crippen LogP contribution in [0.2, 0.25) is 0 Å². The number of hydrogen-bond donors (Lipinski definition) is 2. The highest BCUT2D eigenvalue weighted by molar-refractivity contribution is 5.90. The number of amides is 3. The van der Waals surface area contributed by atoms with Crippen molar-refractivity contribution in [1.29, 1.82) is 0 Å². The summed E-state index contributed by atoms with van der Waals surface area (Å²) in [4.78, 5) is 39.5. The smallest absolute Gasteiger partial charge is 0.414 e. The van der Waals surface area contributed by atoms with E-state index in [1.165, 1.54) is 25.0 Å². The minimum Gasteiger partial charge on any atom is -0.442 e. The lowest BCUT2D eigenvalue weighted by atomic mass is 10.0. The lowest BCUT2D eigenvalue weighted by Gasteiger charge is -2.22. The van der Waals surface area contributed by atoms with E-state index in [0.717, 1.165) is 5.56 Å². The van der Waals surface area contributed by atoms with Gasteiger partial charge in [0.15, 0.2) is 6.10 Å². The van der Waals surface area contributed by atoms with Gasteiger partial charge in [0.25, 0.3) is 5.91 Å². The first-order valence-electron chi connectivity index (χ1n) is 11.9. The molecule has 36 heavy (non-hydrogen) atoms. The third kappa shape index (κ3) is 5.59. The zero-order valence-electron chi connectivity index (χ0n) is 20.6. The average Bonchev–Trinajstić information content (AvgIpc) is 3.40. The van der Waals surface area contributed by atoms with Crippen LogP contribution in [0.3, 0.4) is 0 Å². The molecule has 10 heteroatoms. The Bertz CT molecular complexity index is 1110. The maximum atomic E-state index is 15.2. The maximum absolute atomic E-state index is 15.2. The fraction of sp³-hybridized carbons (Fsp3) is 0.423. The van der Waals surface area contributed by atoms with Crippen molar-refractivity contribution >= 4 is 29.3 Å². The van der Waals surface area contributed by atoms with Crippen LogP contribution in [-0.4, -0.2) is 63.3 Å². The molecule has 2 aliphatic heterocycles. The Morgan fingerprint density at radius 1 is 1.17 bits per heavy atom. The molecule has 2 aliphatic rings. The fourth-order valence-electron chi connectivity index (χ4n) is 4.65. The number of anilines is 2. The summed E-state index contributed by atoms with van der Waals surface area (Å²) in [5.41, 5.74) is 1.55. The predicted molar refractivity (Wildman–Crippen MR) is 132 cm³/mol. The van der Waals surface area contributed by atoms with Crippen LogP contribution in [0.5, 0.6) is 0 Å². The van der Waals surface area contributed by atoms with Crippen LogP contribution in [-0.2, 0) is 19.1 Å². The monoisotopic (exact) mass is 498 g/mol. The summed E-state index contributed by atoms with van der Waals surface area (Å²) in [6.45, 7) is 4.82. The lowest BCUT2D eigenvalue weighted by Crippen LogP contribution is -2.42. The highest BCUT2D eigenvalue weighted by atomic mass is 19.1. The van der Waals surface area contributed by atoms with Crippen LogP contribution in [0.15, 0.2) is 48.5 Å². The van der Waals surface area contributed by atoms with Gasteiger partial charge < -0.3 is 25.0 Å². The quantitative estimate of drug-likeness (QED) is 0.581. The Balaban J connectivity index is 1.40. The van der Waals surface area contributed by atoms with E-state index in [1.807, 2.05) is 42.2 Å². The molecule has 4 rings (SSSR count). The number of benzene rings is 2. The van der Waals surface area contributed by atoms with Gasteiger partial charge in [-0.25, -0.2) is 9.18 Å². The summed E-state index contributed by atoms with van der Waals surface area (Å²) in [5, 5.41) is 5.67. The molecule has 9 nitrogen and oxygen atoms in total. The molecule has 2 aromatic carbocycles. The molecule has 0 radical (unpaired) electrons. The minimum absolute atomic E-state index is 0.0874. The third-order valence-electron chi connectivity index (χ3n) is 6.55. The minimum atomic E-state index is -0.724. The second-order valence-electron chi connectivity index (χ2n) is 9.21. The number of nitrogens with one attached hydrogen (secondary N) is 2. The zero-order chi connectivity index (χ0) is 25.8. The lowest BCUT2D eigenvalue weighted by molar-refractivity contribution is -0.132. The van der Waals surface area contributed by atoms with Gasteiger partial charge in [-0.15, -0.1) is 0 Å². The van der Waals surface area contributed by atoms with Crippen molar-refractivity contribution in [1.82, 2.24) is 10.6 Å². The molecule has 2 saturated heterocycles. The summed E-state index contributed by atoms with van der Waals surface area (Å²) in [7, 11) is 1.50. The second-order valence-corrected chi connectivity index (χ2v) is 9.21. The zero-order valence-corrected chi connectivity index (χ0v) is 20.6. The van der Waals surface area contributed by atoms with Crippen LogP contribution in [0.25, 0.3) is 0 Å². The molecule has 2 N–H and O–H groups in total. The van der Waals surface area contributed by atoms with Gasteiger partial charge in [-0.1, -0.05) is 37.3 Å². The Labute approximate surface area is 209 Å². The van der Waals surface area contributed by atoms with Gasteiger partial charge in [-0.2, -0.15) is 0 Å². The first kappa shape index (κ1) is 25.4. The molecular formula is C26H31FN4O5. The molecule has 2 heterocycles. The van der Waals surface area contributed by atoms with Crippen molar-refractivity contribution in [3.8, 4) is 0 Å². The van der Waals surface area contributed by atoms with Crippen molar-refractivity contribution in [3.63, 3.8) is 0 Å². The van der Waals surface area contributed by atoms with E-state index in [4.69, 9.17) is 9.47 Å². The van der Waals surface area contributed by atoms with Gasteiger partial charge in [0.2, 0.25) is 5.91 Å². The molecule has 4 atom stereocenters. The number of ether oxygens (including phenoxy) is 2. The highest BCUT2D eigenvalue weighted by Gasteiger charge is 2.35. The molecule has 2 aromatic rings. The van der Waals surface area contributed by atoms with E-state index >= 15 is 4.39 Å². The second kappa shape index (κ2) is 10.9. The first-order valence-corrected chi connectivity index (χ1v) is 11.9. The van der Waals surface area contributed by atoms with Gasteiger partial charge in [-0.05, 0) is 29.7 Å². The molecule has 3 amide bonds. The largest absolute Gasteiger partial charge is 0.442 e. The standard InChI is InChI=1S/C26H31FN4O5/c1-16-13-30(15-22(16)29-25(33)24(35-3)18-7-5-4-6-8-18)23-10-9-19(11-21(23)27)31-14-20(36-26(31)34)12-28-17(2)32/h4-11,16,20,22,24H,12-15H2,1-3H3,(H,28,32)(H,29,33)/t16-,20?,22+,24+/m1/s1. The van der Waals surface area contributed by atoms with Crippen molar-refractivity contribution in [3.05, 3.63) is 59.9 Å². The molecule has 0 aliphatic carbocycles. The molecule has 0 saturated carbocycles. The maximum Gasteiger partial charge on any atom is 0.414 e. The van der Waals surface area contributed by atoms with Crippen LogP contribution in [0.1, 0.15) is 25.5 Å². The number of carbonyl (C=O) groups excluding carboxylic acids is 3. The van der Waals surface area contributed by atoms with Crippen LogP contribution in [0.4, 0.5) is 20.6 Å². The van der Waals surface area contributed by atoms with Crippen LogP contribution < -0.4 is 20.4 Å². The van der Waals surface area contributed by atoms with Crippen LogP contribution in [0, 0.1) is 11.7 Å². The third-order valence-corrected chi connectivity index (χ3v) is 6.55. The average molecular weight is 499 g/mol. The first-order chi connectivity index (χ1) is 17.3. The summed E-state index contributed by atoms with van der Waals surface area (Å²) in [6, 6.07) is 13.7. The number of carbonyl (C=O) groups is 3. The van der Waals surface area contributed by atoms with E-state index in [2.05, 4.69) is 10.6 Å². The van der Waals surface area contributed by atoms with Gasteiger partial charge in [0.05, 0.1) is 30.5 Å². The van der Waals surface area contributed by atoms with E-state index < -0.39 is 24.1 Å². The van der Waals surface area contributed by atoms with E-state index in [0.29, 0.717) is 24.5 Å². The molecule has 0 bridgehead atoms. The van der Waals surface area contributed by atoms with E-state index in [9.17, 15) is 14.4 Å². The predicted octanol–water partition coefficient (Wildman–Crippen LogP) is 2.62. The summed E-state index contributed by atoms with van der Waals surface area (Å²) >= 11 is 0. The molecule has 2 fully saturated rings. The molecule has 0 spiro atoms. The van der Waals surface area contributed by atoms with E-state index in [1.54, 1.807) is 12.1 Å². The van der Waals surface area contributed by atoms with Crippen molar-refractivity contribution < 1.29 is 28.2 Å². The van der Waals surface area contributed by atoms with Gasteiger partial charge in [-0.3, -0.25) is 14.5 Å². The van der Waals surface area contributed by atoms with Gasteiger partial charge in [0, 0.05) is 27.1 Å². The molecule has 192 valence electrons. The molecule has 0 aromatic heterocycles. The molecular weight excluding hydrogens is 467 g/mol. The van der Waals surface area contributed by atoms with Crippen molar-refractivity contribution in [2.24, 2.45) is 5.92 Å². The Kier molecular flexibility index (Phi) is 7.73. The van der Waals surface area contributed by atoms with Gasteiger partial charge in [0.1, 0.15) is 11.9 Å². The summed E-state index contributed by atoms with van der Waals surface area (Å²) < 4.78 is 25.9. The Hall–Kier alpha value is -3.66. The SMILES string of the molecule is CO[C@H](C(=O)N[C@H]1CN(c2ccc(N3CC(CNC(C)=O)OC3=O)cc2F)C[C@H]1C)c1ccccc1. The number of rotatable bonds is 8. The van der Waals surface area contributed by atoms with Gasteiger partial charge >= 0.3 is 6.09 Å². The Morgan fingerprint density at radius 2 is 1.92 bits per heavy atom. The van der Waals surface area contributed by atoms with Crippen LogP contribution >= 0.6 is 0 Å². The number of nitrogens with zero attached hydrogens (tertiary/aromatic N) is 2. The number of halogens is 1.